The smallest absolute Gasteiger partial charge is 0.126 e. The molecule has 0 spiro atoms. The number of ether oxygens (including phenoxy) is 1. The Labute approximate surface area is 140 Å². The van der Waals surface area contributed by atoms with Crippen molar-refractivity contribution in [3.63, 3.8) is 0 Å². The maximum atomic E-state index is 6.01. The molecule has 0 radical (unpaired) electrons. The lowest BCUT2D eigenvalue weighted by Crippen LogP contribution is -2.22. The average molecular weight is 323 g/mol. The van der Waals surface area contributed by atoms with E-state index in [-0.39, 0.29) is 0 Å². The lowest BCUT2D eigenvalue weighted by molar-refractivity contribution is 0.0699. The lowest BCUT2D eigenvalue weighted by atomic mass is 10.00. The number of aromatic nitrogens is 3. The minimum absolute atomic E-state index is 0.527. The third-order valence-electron chi connectivity index (χ3n) is 4.56. The third kappa shape index (κ3) is 3.05. The van der Waals surface area contributed by atoms with Crippen molar-refractivity contribution in [3.8, 4) is 11.3 Å². The number of H-pyrrole nitrogens is 1. The minimum Gasteiger partial charge on any atom is -0.384 e. The first-order chi connectivity index (χ1) is 11.8. The molecule has 1 aromatic carbocycles. The van der Waals surface area contributed by atoms with Gasteiger partial charge in [0.25, 0.3) is 0 Å². The molecule has 2 aromatic heterocycles. The van der Waals surface area contributed by atoms with Crippen molar-refractivity contribution in [2.45, 2.75) is 12.8 Å². The summed E-state index contributed by atoms with van der Waals surface area (Å²) in [6.07, 6.45) is 3.96. The number of nitrogens with zero attached hydrogens (tertiary/aromatic N) is 2. The fraction of sp³-hybridized carbons (Fsp3) is 0.333. The van der Waals surface area contributed by atoms with E-state index in [9.17, 15) is 0 Å². The fourth-order valence-corrected chi connectivity index (χ4v) is 3.18. The van der Waals surface area contributed by atoms with Gasteiger partial charge in [-0.1, -0.05) is 12.1 Å². The molecule has 4 N–H and O–H groups in total. The zero-order chi connectivity index (χ0) is 16.4. The molecule has 24 heavy (non-hydrogen) atoms. The number of anilines is 2. The first-order valence-electron chi connectivity index (χ1n) is 8.31. The number of hydrogen-bond donors (Lipinski definition) is 3. The predicted octanol–water partition coefficient (Wildman–Crippen LogP) is 3.05. The Bertz CT molecular complexity index is 825. The topological polar surface area (TPSA) is 88.9 Å². The summed E-state index contributed by atoms with van der Waals surface area (Å²) < 4.78 is 5.42. The van der Waals surface area contributed by atoms with E-state index in [1.807, 2.05) is 18.2 Å². The molecule has 6 heteroatoms. The van der Waals surface area contributed by atoms with Gasteiger partial charge in [-0.3, -0.25) is 5.10 Å². The van der Waals surface area contributed by atoms with Crippen molar-refractivity contribution in [2.75, 3.05) is 30.8 Å². The number of aromatic amines is 1. The molecule has 0 aliphatic carbocycles. The van der Waals surface area contributed by atoms with Gasteiger partial charge in [0.05, 0.1) is 11.2 Å². The summed E-state index contributed by atoms with van der Waals surface area (Å²) in [6.45, 7) is 2.66. The molecule has 0 amide bonds. The summed E-state index contributed by atoms with van der Waals surface area (Å²) >= 11 is 0. The van der Waals surface area contributed by atoms with Crippen LogP contribution >= 0.6 is 0 Å². The highest BCUT2D eigenvalue weighted by Crippen LogP contribution is 2.29. The van der Waals surface area contributed by atoms with Crippen LogP contribution in [0.2, 0.25) is 0 Å². The monoisotopic (exact) mass is 323 g/mol. The van der Waals surface area contributed by atoms with Crippen LogP contribution in [0.15, 0.2) is 36.5 Å². The van der Waals surface area contributed by atoms with Crippen LogP contribution in [0.25, 0.3) is 22.2 Å². The van der Waals surface area contributed by atoms with Crippen molar-refractivity contribution in [2.24, 2.45) is 5.92 Å². The van der Waals surface area contributed by atoms with Crippen molar-refractivity contribution >= 4 is 22.4 Å². The van der Waals surface area contributed by atoms with Crippen molar-refractivity contribution < 1.29 is 4.74 Å². The van der Waals surface area contributed by atoms with Gasteiger partial charge >= 0.3 is 0 Å². The maximum absolute atomic E-state index is 6.01. The number of nitrogens with two attached hydrogens (primary N) is 1. The Hall–Kier alpha value is -2.60. The Morgan fingerprint density at radius 1 is 1.21 bits per heavy atom. The number of benzene rings is 1. The first kappa shape index (κ1) is 15.0. The standard InChI is InChI=1S/C18H21N5O/c19-18-10-16(20-11-12-4-7-24-8-5-12)14-2-1-13(9-17(14)22-18)15-3-6-21-23-15/h1-3,6,9-10,12H,4-5,7-8,11H2,(H,21,23)(H3,19,20,22). The van der Waals surface area contributed by atoms with Crippen LogP contribution in [0, 0.1) is 5.92 Å². The number of nitrogens with one attached hydrogen (secondary N) is 2. The molecule has 0 unspecified atom stereocenters. The number of hydrogen-bond acceptors (Lipinski definition) is 5. The second kappa shape index (κ2) is 6.49. The van der Waals surface area contributed by atoms with Crippen LogP contribution in [0.4, 0.5) is 11.5 Å². The van der Waals surface area contributed by atoms with E-state index in [0.717, 1.165) is 60.4 Å². The summed E-state index contributed by atoms with van der Waals surface area (Å²) in [5.74, 6) is 1.17. The van der Waals surface area contributed by atoms with Gasteiger partial charge < -0.3 is 15.8 Å². The maximum Gasteiger partial charge on any atom is 0.126 e. The van der Waals surface area contributed by atoms with Crippen LogP contribution in [-0.4, -0.2) is 34.9 Å². The van der Waals surface area contributed by atoms with Gasteiger partial charge in [0, 0.05) is 48.7 Å². The van der Waals surface area contributed by atoms with Gasteiger partial charge in [0.15, 0.2) is 0 Å². The molecular weight excluding hydrogens is 302 g/mol. The van der Waals surface area contributed by atoms with Gasteiger partial charge in [-0.15, -0.1) is 0 Å². The zero-order valence-corrected chi connectivity index (χ0v) is 13.5. The minimum atomic E-state index is 0.527. The number of nitrogen functional groups attached to an aromatic ring is 1. The number of fused-ring (bicyclic) bond motifs is 1. The highest BCUT2D eigenvalue weighted by molar-refractivity contribution is 5.95. The largest absolute Gasteiger partial charge is 0.384 e. The molecule has 124 valence electrons. The van der Waals surface area contributed by atoms with Crippen LogP contribution in [0.1, 0.15) is 12.8 Å². The molecule has 0 saturated carbocycles. The van der Waals surface area contributed by atoms with E-state index in [0.29, 0.717) is 11.7 Å². The van der Waals surface area contributed by atoms with Gasteiger partial charge in [0.2, 0.25) is 0 Å². The van der Waals surface area contributed by atoms with Crippen molar-refractivity contribution in [1.29, 1.82) is 0 Å². The summed E-state index contributed by atoms with van der Waals surface area (Å²) in [7, 11) is 0. The van der Waals surface area contributed by atoms with Crippen molar-refractivity contribution in [3.05, 3.63) is 36.5 Å². The molecule has 1 saturated heterocycles. The quantitative estimate of drug-likeness (QED) is 0.687. The fourth-order valence-electron chi connectivity index (χ4n) is 3.18. The molecule has 1 aliphatic rings. The zero-order valence-electron chi connectivity index (χ0n) is 13.5. The Balaban J connectivity index is 1.62. The Morgan fingerprint density at radius 3 is 2.88 bits per heavy atom. The number of rotatable bonds is 4. The predicted molar refractivity (Wildman–Crippen MR) is 95.8 cm³/mol. The normalized spacial score (nSPS) is 15.7. The molecule has 3 heterocycles. The second-order valence-electron chi connectivity index (χ2n) is 6.23. The van der Waals surface area contributed by atoms with Crippen molar-refractivity contribution in [1.82, 2.24) is 15.2 Å². The first-order valence-corrected chi connectivity index (χ1v) is 8.31. The highest BCUT2D eigenvalue weighted by Gasteiger charge is 2.14. The summed E-state index contributed by atoms with van der Waals surface area (Å²) in [6, 6.07) is 10.1. The van der Waals surface area contributed by atoms with E-state index >= 15 is 0 Å². The summed E-state index contributed by atoms with van der Waals surface area (Å²) in [5, 5.41) is 11.6. The van der Waals surface area contributed by atoms with Crippen LogP contribution < -0.4 is 11.1 Å². The Morgan fingerprint density at radius 2 is 2.08 bits per heavy atom. The molecular formula is C18H21N5O. The number of pyridine rings is 1. The molecule has 4 rings (SSSR count). The molecule has 0 bridgehead atoms. The van der Waals surface area contributed by atoms with Crippen LogP contribution in [-0.2, 0) is 4.74 Å². The van der Waals surface area contributed by atoms with E-state index in [1.54, 1.807) is 6.20 Å². The van der Waals surface area contributed by atoms with Crippen LogP contribution in [0.3, 0.4) is 0 Å². The van der Waals surface area contributed by atoms with Gasteiger partial charge in [-0.25, -0.2) is 4.98 Å². The highest BCUT2D eigenvalue weighted by atomic mass is 16.5. The SMILES string of the molecule is Nc1cc(NCC2CCOCC2)c2ccc(-c3ccn[nH]3)cc2n1. The van der Waals surface area contributed by atoms with E-state index in [1.165, 1.54) is 0 Å². The lowest BCUT2D eigenvalue weighted by Gasteiger charge is -2.23. The summed E-state index contributed by atoms with van der Waals surface area (Å²) in [4.78, 5) is 4.49. The molecule has 1 fully saturated rings. The van der Waals surface area contributed by atoms with Gasteiger partial charge in [-0.05, 0) is 30.9 Å². The van der Waals surface area contributed by atoms with Gasteiger partial charge in [-0.2, -0.15) is 5.10 Å². The summed E-state index contributed by atoms with van der Waals surface area (Å²) in [5.41, 5.74) is 9.96. The second-order valence-corrected chi connectivity index (χ2v) is 6.23. The molecule has 1 aliphatic heterocycles. The average Bonchev–Trinajstić information content (AvgIpc) is 3.14. The van der Waals surface area contributed by atoms with E-state index < -0.39 is 0 Å². The van der Waals surface area contributed by atoms with Gasteiger partial charge in [0.1, 0.15) is 5.82 Å². The van der Waals surface area contributed by atoms with Crippen LogP contribution in [0.5, 0.6) is 0 Å². The van der Waals surface area contributed by atoms with E-state index in [4.69, 9.17) is 10.5 Å². The third-order valence-corrected chi connectivity index (χ3v) is 4.56. The molecule has 0 atom stereocenters. The molecule has 3 aromatic rings. The van der Waals surface area contributed by atoms with E-state index in [2.05, 4.69) is 32.6 Å². The Kier molecular flexibility index (Phi) is 4.04. The molecule has 6 nitrogen and oxygen atoms in total.